The van der Waals surface area contributed by atoms with Crippen LogP contribution in [0.3, 0.4) is 0 Å². The Morgan fingerprint density at radius 1 is 1.28 bits per heavy atom. The van der Waals surface area contributed by atoms with Gasteiger partial charge in [0.05, 0.1) is 19.1 Å². The van der Waals surface area contributed by atoms with Gasteiger partial charge in [0, 0.05) is 18.2 Å². The van der Waals surface area contributed by atoms with Crippen LogP contribution in [-0.4, -0.2) is 36.1 Å². The predicted octanol–water partition coefficient (Wildman–Crippen LogP) is 2.61. The first-order valence-electron chi connectivity index (χ1n) is 9.38. The first-order valence-corrected chi connectivity index (χ1v) is 9.38. The summed E-state index contributed by atoms with van der Waals surface area (Å²) in [7, 11) is 1.26. The predicted molar refractivity (Wildman–Crippen MR) is 100 cm³/mol. The van der Waals surface area contributed by atoms with E-state index in [2.05, 4.69) is 6.07 Å². The Morgan fingerprint density at radius 2 is 2.07 bits per heavy atom. The molecule has 0 saturated carbocycles. The molecule has 0 aromatic heterocycles. The largest absolute Gasteiger partial charge is 0.467 e. The van der Waals surface area contributed by atoms with Crippen molar-refractivity contribution in [1.82, 2.24) is 4.90 Å². The molecule has 7 heteroatoms. The van der Waals surface area contributed by atoms with Crippen molar-refractivity contribution in [1.29, 1.82) is 5.26 Å². The van der Waals surface area contributed by atoms with Crippen molar-refractivity contribution in [3.8, 4) is 17.6 Å². The Bertz CT molecular complexity index is 1080. The van der Waals surface area contributed by atoms with Crippen molar-refractivity contribution in [3.05, 3.63) is 59.2 Å². The van der Waals surface area contributed by atoms with Gasteiger partial charge in [0.2, 0.25) is 6.79 Å². The monoisotopic (exact) mass is 390 g/mol. The second kappa shape index (κ2) is 6.33. The Morgan fingerprint density at radius 3 is 2.86 bits per heavy atom. The summed E-state index contributed by atoms with van der Waals surface area (Å²) in [5.74, 6) is -0.571. The van der Waals surface area contributed by atoms with Gasteiger partial charge in [-0.2, -0.15) is 5.26 Å². The molecule has 3 aliphatic rings. The number of ketones is 1. The van der Waals surface area contributed by atoms with E-state index in [1.165, 1.54) is 7.11 Å². The highest BCUT2D eigenvalue weighted by Gasteiger charge is 2.67. The average molecular weight is 390 g/mol. The van der Waals surface area contributed by atoms with Gasteiger partial charge in [0.25, 0.3) is 0 Å². The number of fused-ring (bicyclic) bond motifs is 5. The summed E-state index contributed by atoms with van der Waals surface area (Å²) in [6, 6.07) is 14.8. The second-order valence-corrected chi connectivity index (χ2v) is 7.42. The average Bonchev–Trinajstić information content (AvgIpc) is 3.32. The number of hydrogen-bond donors (Lipinski definition) is 0. The zero-order valence-electron chi connectivity index (χ0n) is 15.8. The lowest BCUT2D eigenvalue weighted by Crippen LogP contribution is -2.62. The number of nitrogens with zero attached hydrogens (tertiary/aromatic N) is 2. The highest BCUT2D eigenvalue weighted by Crippen LogP contribution is 2.54. The first-order chi connectivity index (χ1) is 14.1. The van der Waals surface area contributed by atoms with E-state index in [0.717, 1.165) is 11.1 Å². The van der Waals surface area contributed by atoms with E-state index in [1.54, 1.807) is 12.1 Å². The lowest BCUT2D eigenvalue weighted by molar-refractivity contribution is -0.153. The number of esters is 1. The smallest absolute Gasteiger partial charge is 0.335 e. The second-order valence-electron chi connectivity index (χ2n) is 7.42. The molecular formula is C22H18N2O5. The van der Waals surface area contributed by atoms with Gasteiger partial charge in [-0.1, -0.05) is 30.3 Å². The van der Waals surface area contributed by atoms with Gasteiger partial charge in [-0.15, -0.1) is 0 Å². The fourth-order valence-electron chi connectivity index (χ4n) is 4.88. The van der Waals surface area contributed by atoms with Crippen LogP contribution in [-0.2, 0) is 16.1 Å². The Labute approximate surface area is 167 Å². The van der Waals surface area contributed by atoms with E-state index in [-0.39, 0.29) is 18.6 Å². The van der Waals surface area contributed by atoms with E-state index < -0.39 is 17.4 Å². The Kier molecular flexibility index (Phi) is 3.86. The van der Waals surface area contributed by atoms with Crippen LogP contribution < -0.4 is 9.47 Å². The highest BCUT2D eigenvalue weighted by molar-refractivity contribution is 6.19. The van der Waals surface area contributed by atoms with Gasteiger partial charge in [0.15, 0.2) is 22.8 Å². The third-order valence-electron chi connectivity index (χ3n) is 6.15. The molecular weight excluding hydrogens is 372 g/mol. The van der Waals surface area contributed by atoms with Crippen LogP contribution in [0.15, 0.2) is 42.5 Å². The molecule has 2 bridgehead atoms. The van der Waals surface area contributed by atoms with Crippen LogP contribution in [0.4, 0.5) is 0 Å². The Hall–Kier alpha value is -3.37. The maximum absolute atomic E-state index is 13.6. The van der Waals surface area contributed by atoms with Crippen molar-refractivity contribution in [2.75, 3.05) is 13.9 Å². The lowest BCUT2D eigenvalue weighted by Gasteiger charge is -2.42. The number of benzene rings is 2. The summed E-state index contributed by atoms with van der Waals surface area (Å²) >= 11 is 0. The molecule has 0 N–H and O–H groups in total. The van der Waals surface area contributed by atoms with Gasteiger partial charge < -0.3 is 14.2 Å². The van der Waals surface area contributed by atoms with Gasteiger partial charge in [-0.05, 0) is 29.7 Å². The Balaban J connectivity index is 1.66. The fraction of sp³-hybridized carbons (Fsp3) is 0.318. The number of nitriles is 1. The maximum atomic E-state index is 13.6. The number of carbonyl (C=O) groups excluding carboxylic acids is 2. The van der Waals surface area contributed by atoms with Gasteiger partial charge in [-0.3, -0.25) is 9.69 Å². The van der Waals surface area contributed by atoms with Crippen molar-refractivity contribution in [2.45, 2.75) is 24.5 Å². The summed E-state index contributed by atoms with van der Waals surface area (Å²) in [4.78, 5) is 28.5. The summed E-state index contributed by atoms with van der Waals surface area (Å²) in [5.41, 5.74) is 0.537. The number of hydrogen-bond acceptors (Lipinski definition) is 7. The molecule has 3 heterocycles. The molecule has 0 radical (unpaired) electrons. The summed E-state index contributed by atoms with van der Waals surface area (Å²) in [5, 5.41) is 9.86. The van der Waals surface area contributed by atoms with Gasteiger partial charge in [0.1, 0.15) is 0 Å². The minimum atomic E-state index is -1.65. The number of methoxy groups -OCH3 is 1. The van der Waals surface area contributed by atoms with Crippen LogP contribution in [0.1, 0.15) is 33.9 Å². The highest BCUT2D eigenvalue weighted by atomic mass is 16.7. The van der Waals surface area contributed by atoms with E-state index >= 15 is 0 Å². The summed E-state index contributed by atoms with van der Waals surface area (Å²) in [6.07, 6.45) is 0.388. The standard InChI is InChI=1S/C22H18N2O5/c1-27-21(26)22-14(10-23)9-17(15-4-2-3-5-16(15)20(22)25)24(22)11-13-6-7-18-19(8-13)29-12-28-18/h2-8,14,17H,9,11-12H2,1H3/t14-,17-,22+/m1/s1. The van der Waals surface area contributed by atoms with Crippen LogP contribution in [0.2, 0.25) is 0 Å². The quantitative estimate of drug-likeness (QED) is 0.588. The zero-order valence-corrected chi connectivity index (χ0v) is 15.8. The molecule has 3 atom stereocenters. The third-order valence-corrected chi connectivity index (χ3v) is 6.15. The van der Waals surface area contributed by atoms with Crippen LogP contribution >= 0.6 is 0 Å². The van der Waals surface area contributed by atoms with Crippen molar-refractivity contribution >= 4 is 11.8 Å². The molecule has 146 valence electrons. The molecule has 29 heavy (non-hydrogen) atoms. The minimum absolute atomic E-state index is 0.166. The molecule has 1 saturated heterocycles. The van der Waals surface area contributed by atoms with Crippen molar-refractivity contribution in [3.63, 3.8) is 0 Å². The molecule has 2 aromatic carbocycles. The van der Waals surface area contributed by atoms with Crippen LogP contribution in [0, 0.1) is 17.2 Å². The maximum Gasteiger partial charge on any atom is 0.335 e. The summed E-state index contributed by atoms with van der Waals surface area (Å²) in [6.45, 7) is 0.467. The van der Waals surface area contributed by atoms with Crippen LogP contribution in [0.5, 0.6) is 11.5 Å². The SMILES string of the molecule is COC(=O)[C@@]12C(=O)c3ccccc3[C@@H](C[C@@H]1C#N)N2Cc1ccc2c(c1)OCO2. The molecule has 7 nitrogen and oxygen atoms in total. The molecule has 2 aromatic rings. The van der Waals surface area contributed by atoms with Gasteiger partial charge >= 0.3 is 5.97 Å². The van der Waals surface area contributed by atoms with E-state index in [1.807, 2.05) is 35.2 Å². The zero-order chi connectivity index (χ0) is 20.2. The topological polar surface area (TPSA) is 88.9 Å². The molecule has 0 unspecified atom stereocenters. The molecule has 0 spiro atoms. The van der Waals surface area contributed by atoms with E-state index in [0.29, 0.717) is 30.0 Å². The van der Waals surface area contributed by atoms with Crippen LogP contribution in [0.25, 0.3) is 0 Å². The molecule has 5 rings (SSSR count). The number of carbonyl (C=O) groups is 2. The minimum Gasteiger partial charge on any atom is -0.467 e. The lowest BCUT2D eigenvalue weighted by atomic mass is 9.78. The number of ether oxygens (including phenoxy) is 3. The molecule has 0 amide bonds. The van der Waals surface area contributed by atoms with E-state index in [9.17, 15) is 14.9 Å². The molecule has 0 aliphatic carbocycles. The fourth-order valence-corrected chi connectivity index (χ4v) is 4.88. The molecule has 3 aliphatic heterocycles. The van der Waals surface area contributed by atoms with Crippen molar-refractivity contribution < 1.29 is 23.8 Å². The summed E-state index contributed by atoms with van der Waals surface area (Å²) < 4.78 is 15.9. The van der Waals surface area contributed by atoms with Crippen molar-refractivity contribution in [2.24, 2.45) is 5.92 Å². The number of rotatable bonds is 3. The normalized spacial score (nSPS) is 26.7. The molecule has 1 fully saturated rings. The number of Topliss-reactive ketones (excluding diaryl/α,β-unsaturated/α-hetero) is 1. The third kappa shape index (κ3) is 2.26. The van der Waals surface area contributed by atoms with Gasteiger partial charge in [-0.25, -0.2) is 4.79 Å². The first kappa shape index (κ1) is 17.7. The van der Waals surface area contributed by atoms with E-state index in [4.69, 9.17) is 14.2 Å².